The molecule has 0 fully saturated rings. The molecule has 6 nitrogen and oxygen atoms in total. The Morgan fingerprint density at radius 3 is 3.05 bits per heavy atom. The topological polar surface area (TPSA) is 78.3 Å². The predicted octanol–water partition coefficient (Wildman–Crippen LogP) is 1.72. The van der Waals surface area contributed by atoms with Crippen LogP contribution in [0.15, 0.2) is 18.2 Å². The van der Waals surface area contributed by atoms with Gasteiger partial charge in [0.25, 0.3) is 0 Å². The lowest BCUT2D eigenvalue weighted by Gasteiger charge is -2.01. The van der Waals surface area contributed by atoms with Crippen LogP contribution in [0.4, 0.5) is 10.1 Å². The average molecular weight is 279 g/mol. The molecule has 1 aromatic carbocycles. The van der Waals surface area contributed by atoms with Gasteiger partial charge in [0.1, 0.15) is 17.4 Å². The Hall–Kier alpha value is -2.06. The van der Waals surface area contributed by atoms with E-state index in [1.807, 2.05) is 0 Å². The van der Waals surface area contributed by atoms with Crippen LogP contribution in [-0.2, 0) is 11.3 Å². The van der Waals surface area contributed by atoms with Crippen molar-refractivity contribution < 1.29 is 9.13 Å². The summed E-state index contributed by atoms with van der Waals surface area (Å²) in [6.45, 7) is 0.309. The van der Waals surface area contributed by atoms with E-state index >= 15 is 0 Å². The van der Waals surface area contributed by atoms with Gasteiger partial charge in [-0.1, -0.05) is 17.4 Å². The van der Waals surface area contributed by atoms with E-state index < -0.39 is 5.82 Å². The molecular weight excluding hydrogens is 269 g/mol. The first kappa shape index (κ1) is 12.0. The highest BCUT2D eigenvalue weighted by Gasteiger charge is 2.15. The minimum atomic E-state index is -0.458. The Kier molecular flexibility index (Phi) is 2.88. The molecule has 19 heavy (non-hydrogen) atoms. The number of hydrogen-bond acceptors (Lipinski definition) is 6. The second-order valence-electron chi connectivity index (χ2n) is 3.85. The molecule has 0 amide bonds. The highest BCUT2D eigenvalue weighted by Crippen LogP contribution is 2.31. The minimum absolute atomic E-state index is 0.0840. The quantitative estimate of drug-likeness (QED) is 0.738. The van der Waals surface area contributed by atoms with Gasteiger partial charge in [-0.15, -0.1) is 10.2 Å². The Bertz CT molecular complexity index is 738. The Morgan fingerprint density at radius 1 is 1.42 bits per heavy atom. The number of nitrogen functional groups attached to an aromatic ring is 1. The molecule has 3 rings (SSSR count). The third-order valence-electron chi connectivity index (χ3n) is 2.61. The standard InChI is InChI=1S/C11H10FN5OS/c1-18-5-8-14-15-11-17(8)16-10(19-11)6-3-2-4-7(12)9(6)13/h2-4H,5,13H2,1H3. The van der Waals surface area contributed by atoms with Gasteiger partial charge in [0.05, 0.1) is 5.69 Å². The summed E-state index contributed by atoms with van der Waals surface area (Å²) < 4.78 is 20.0. The Balaban J connectivity index is 2.13. The fourth-order valence-corrected chi connectivity index (χ4v) is 2.61. The first-order valence-electron chi connectivity index (χ1n) is 5.45. The molecule has 0 bridgehead atoms. The van der Waals surface area contributed by atoms with Crippen LogP contribution in [-0.4, -0.2) is 26.9 Å². The van der Waals surface area contributed by atoms with Crippen LogP contribution in [0.2, 0.25) is 0 Å². The van der Waals surface area contributed by atoms with Crippen molar-refractivity contribution in [2.75, 3.05) is 12.8 Å². The number of nitrogens with two attached hydrogens (primary N) is 1. The van der Waals surface area contributed by atoms with Crippen molar-refractivity contribution >= 4 is 22.0 Å². The van der Waals surface area contributed by atoms with Gasteiger partial charge in [-0.3, -0.25) is 0 Å². The van der Waals surface area contributed by atoms with E-state index in [-0.39, 0.29) is 5.69 Å². The van der Waals surface area contributed by atoms with Gasteiger partial charge < -0.3 is 10.5 Å². The van der Waals surface area contributed by atoms with Crippen molar-refractivity contribution in [1.29, 1.82) is 0 Å². The van der Waals surface area contributed by atoms with E-state index in [9.17, 15) is 4.39 Å². The summed E-state index contributed by atoms with van der Waals surface area (Å²) in [6.07, 6.45) is 0. The largest absolute Gasteiger partial charge is 0.396 e. The lowest BCUT2D eigenvalue weighted by Crippen LogP contribution is -1.98. The first-order valence-corrected chi connectivity index (χ1v) is 6.26. The van der Waals surface area contributed by atoms with E-state index in [2.05, 4.69) is 15.3 Å². The number of nitrogens with zero attached hydrogens (tertiary/aromatic N) is 4. The number of para-hydroxylation sites is 1. The van der Waals surface area contributed by atoms with Crippen molar-refractivity contribution in [3.8, 4) is 10.6 Å². The van der Waals surface area contributed by atoms with Gasteiger partial charge in [0.15, 0.2) is 5.82 Å². The van der Waals surface area contributed by atoms with Crippen molar-refractivity contribution in [2.45, 2.75) is 6.61 Å². The van der Waals surface area contributed by atoms with Gasteiger partial charge in [0, 0.05) is 12.7 Å². The monoisotopic (exact) mass is 279 g/mol. The highest BCUT2D eigenvalue weighted by molar-refractivity contribution is 7.19. The zero-order chi connectivity index (χ0) is 13.4. The second-order valence-corrected chi connectivity index (χ2v) is 4.81. The third-order valence-corrected chi connectivity index (χ3v) is 3.54. The molecule has 0 unspecified atom stereocenters. The van der Waals surface area contributed by atoms with E-state index in [1.165, 1.54) is 17.4 Å². The molecule has 2 aromatic heterocycles. The maximum atomic E-state index is 13.4. The van der Waals surface area contributed by atoms with Gasteiger partial charge in [-0.05, 0) is 12.1 Å². The zero-order valence-corrected chi connectivity index (χ0v) is 10.8. The number of rotatable bonds is 3. The summed E-state index contributed by atoms with van der Waals surface area (Å²) in [6, 6.07) is 4.63. The molecule has 0 atom stereocenters. The molecule has 0 saturated heterocycles. The third kappa shape index (κ3) is 1.94. The highest BCUT2D eigenvalue weighted by atomic mass is 32.1. The summed E-state index contributed by atoms with van der Waals surface area (Å²) in [4.78, 5) is 0.616. The van der Waals surface area contributed by atoms with E-state index in [4.69, 9.17) is 10.5 Å². The summed E-state index contributed by atoms with van der Waals surface area (Å²) in [5, 5.41) is 12.9. The van der Waals surface area contributed by atoms with E-state index in [1.54, 1.807) is 23.8 Å². The van der Waals surface area contributed by atoms with Crippen LogP contribution >= 0.6 is 11.3 Å². The van der Waals surface area contributed by atoms with Gasteiger partial charge in [0.2, 0.25) is 4.96 Å². The number of anilines is 1. The van der Waals surface area contributed by atoms with Crippen molar-refractivity contribution in [3.05, 3.63) is 29.8 Å². The van der Waals surface area contributed by atoms with Gasteiger partial charge >= 0.3 is 0 Å². The number of fused-ring (bicyclic) bond motifs is 1. The maximum absolute atomic E-state index is 13.4. The number of halogens is 1. The Labute approximate surface area is 111 Å². The van der Waals surface area contributed by atoms with Gasteiger partial charge in [-0.25, -0.2) is 4.39 Å². The van der Waals surface area contributed by atoms with Crippen LogP contribution < -0.4 is 5.73 Å². The molecule has 0 spiro atoms. The summed E-state index contributed by atoms with van der Waals surface area (Å²) >= 11 is 1.30. The smallest absolute Gasteiger partial charge is 0.235 e. The number of aromatic nitrogens is 4. The van der Waals surface area contributed by atoms with Crippen molar-refractivity contribution in [2.24, 2.45) is 0 Å². The second kappa shape index (κ2) is 4.56. The fourth-order valence-electron chi connectivity index (χ4n) is 1.71. The summed E-state index contributed by atoms with van der Waals surface area (Å²) in [5.74, 6) is 0.135. The van der Waals surface area contributed by atoms with Crippen molar-refractivity contribution in [3.63, 3.8) is 0 Å². The summed E-state index contributed by atoms with van der Waals surface area (Å²) in [5.41, 5.74) is 6.36. The minimum Gasteiger partial charge on any atom is -0.396 e. The fraction of sp³-hybridized carbons (Fsp3) is 0.182. The number of hydrogen-bond donors (Lipinski definition) is 1. The normalized spacial score (nSPS) is 11.3. The molecule has 0 aliphatic heterocycles. The zero-order valence-electron chi connectivity index (χ0n) is 10.00. The van der Waals surface area contributed by atoms with Crippen molar-refractivity contribution in [1.82, 2.24) is 19.8 Å². The van der Waals surface area contributed by atoms with Crippen LogP contribution in [0.3, 0.4) is 0 Å². The van der Waals surface area contributed by atoms with E-state index in [0.29, 0.717) is 28.0 Å². The van der Waals surface area contributed by atoms with Gasteiger partial charge in [-0.2, -0.15) is 9.61 Å². The molecule has 0 aliphatic rings. The summed E-state index contributed by atoms with van der Waals surface area (Å²) in [7, 11) is 1.57. The molecule has 2 N–H and O–H groups in total. The van der Waals surface area contributed by atoms with E-state index in [0.717, 1.165) is 0 Å². The van der Waals surface area contributed by atoms with Crippen LogP contribution in [0, 0.1) is 5.82 Å². The molecule has 8 heteroatoms. The SMILES string of the molecule is COCc1nnc2sc(-c3cccc(F)c3N)nn12. The molecule has 2 heterocycles. The predicted molar refractivity (Wildman–Crippen MR) is 69.2 cm³/mol. The first-order chi connectivity index (χ1) is 9.20. The molecule has 0 radical (unpaired) electrons. The maximum Gasteiger partial charge on any atom is 0.235 e. The lowest BCUT2D eigenvalue weighted by atomic mass is 10.2. The molecule has 98 valence electrons. The number of benzene rings is 1. The lowest BCUT2D eigenvalue weighted by molar-refractivity contribution is 0.176. The van der Waals surface area contributed by atoms with Crippen LogP contribution in [0.5, 0.6) is 0 Å². The van der Waals surface area contributed by atoms with Crippen LogP contribution in [0.25, 0.3) is 15.5 Å². The Morgan fingerprint density at radius 2 is 2.26 bits per heavy atom. The average Bonchev–Trinajstić information content (AvgIpc) is 2.95. The molecule has 0 saturated carbocycles. The van der Waals surface area contributed by atoms with Crippen LogP contribution in [0.1, 0.15) is 5.82 Å². The number of ether oxygens (including phenoxy) is 1. The molecule has 0 aliphatic carbocycles. The number of methoxy groups -OCH3 is 1. The molecular formula is C11H10FN5OS. The molecule has 3 aromatic rings.